The number of aromatic nitrogens is 3. The van der Waals surface area contributed by atoms with E-state index in [1.54, 1.807) is 0 Å². The average molecular weight is 154 g/mol. The Bertz CT molecular complexity index is 238. The second-order valence-electron chi connectivity index (χ2n) is 3.12. The van der Waals surface area contributed by atoms with Gasteiger partial charge < -0.3 is 5.32 Å². The van der Waals surface area contributed by atoms with Crippen LogP contribution in [0.25, 0.3) is 0 Å². The number of hydrogen-bond donors (Lipinski definition) is 2. The quantitative estimate of drug-likeness (QED) is 0.654. The number of nitrogens with one attached hydrogen (secondary N) is 2. The third-order valence-corrected chi connectivity index (χ3v) is 1.78. The van der Waals surface area contributed by atoms with Gasteiger partial charge in [-0.05, 0) is 27.8 Å². The van der Waals surface area contributed by atoms with Crippen LogP contribution in [0, 0.1) is 6.92 Å². The van der Waals surface area contributed by atoms with Crippen LogP contribution in [0.5, 0.6) is 0 Å². The molecule has 0 spiro atoms. The Morgan fingerprint density at radius 3 is 2.45 bits per heavy atom. The number of hydrogen-bond acceptors (Lipinski definition) is 3. The zero-order valence-corrected chi connectivity index (χ0v) is 7.39. The molecule has 11 heavy (non-hydrogen) atoms. The minimum atomic E-state index is -0.148. The Balaban J connectivity index is 2.92. The highest BCUT2D eigenvalue weighted by Crippen LogP contribution is 2.13. The lowest BCUT2D eigenvalue weighted by molar-refractivity contribution is 0.418. The standard InChI is InChI=1S/C7H14N4/c1-5-9-6(11-10-5)7(2,3)8-4/h8H,1-4H3,(H,9,10,11). The highest BCUT2D eigenvalue weighted by Gasteiger charge is 2.21. The van der Waals surface area contributed by atoms with Gasteiger partial charge >= 0.3 is 0 Å². The van der Waals surface area contributed by atoms with Gasteiger partial charge in [0.2, 0.25) is 0 Å². The third-order valence-electron chi connectivity index (χ3n) is 1.78. The van der Waals surface area contributed by atoms with Gasteiger partial charge in [0.05, 0.1) is 5.54 Å². The first-order valence-corrected chi connectivity index (χ1v) is 3.64. The Hall–Kier alpha value is -0.900. The van der Waals surface area contributed by atoms with Crippen LogP contribution in [0.1, 0.15) is 25.5 Å². The largest absolute Gasteiger partial charge is 0.308 e. The number of H-pyrrole nitrogens is 1. The summed E-state index contributed by atoms with van der Waals surface area (Å²) < 4.78 is 0. The summed E-state index contributed by atoms with van der Waals surface area (Å²) >= 11 is 0. The molecule has 0 aromatic carbocycles. The van der Waals surface area contributed by atoms with E-state index in [1.165, 1.54) is 0 Å². The molecule has 2 N–H and O–H groups in total. The predicted molar refractivity (Wildman–Crippen MR) is 43.2 cm³/mol. The highest BCUT2D eigenvalue weighted by molar-refractivity contribution is 5.01. The topological polar surface area (TPSA) is 53.6 Å². The fourth-order valence-electron chi connectivity index (χ4n) is 0.734. The zero-order chi connectivity index (χ0) is 8.48. The Labute approximate surface area is 66.4 Å². The molecule has 0 saturated heterocycles. The molecule has 4 nitrogen and oxygen atoms in total. The maximum atomic E-state index is 4.22. The van der Waals surface area contributed by atoms with E-state index in [9.17, 15) is 0 Å². The molecule has 0 atom stereocenters. The minimum absolute atomic E-state index is 0.148. The fourth-order valence-corrected chi connectivity index (χ4v) is 0.734. The predicted octanol–water partition coefficient (Wildman–Crippen LogP) is 0.568. The molecule has 0 bridgehead atoms. The highest BCUT2D eigenvalue weighted by atomic mass is 15.2. The molecule has 0 aliphatic carbocycles. The van der Waals surface area contributed by atoms with Gasteiger partial charge in [-0.15, -0.1) is 0 Å². The number of rotatable bonds is 2. The second-order valence-corrected chi connectivity index (χ2v) is 3.12. The van der Waals surface area contributed by atoms with Crippen molar-refractivity contribution in [2.45, 2.75) is 26.3 Å². The second kappa shape index (κ2) is 2.62. The zero-order valence-electron chi connectivity index (χ0n) is 7.39. The molecule has 0 fully saturated rings. The van der Waals surface area contributed by atoms with Crippen LogP contribution in [-0.2, 0) is 5.54 Å². The van der Waals surface area contributed by atoms with E-state index in [1.807, 2.05) is 27.8 Å². The summed E-state index contributed by atoms with van der Waals surface area (Å²) in [4.78, 5) is 4.22. The molecule has 62 valence electrons. The van der Waals surface area contributed by atoms with Crippen LogP contribution in [0.15, 0.2) is 0 Å². The minimum Gasteiger partial charge on any atom is -0.308 e. The summed E-state index contributed by atoms with van der Waals surface area (Å²) in [5.74, 6) is 1.65. The van der Waals surface area contributed by atoms with Crippen molar-refractivity contribution in [3.8, 4) is 0 Å². The molecule has 1 aromatic heterocycles. The number of nitrogens with zero attached hydrogens (tertiary/aromatic N) is 2. The molecule has 0 saturated carbocycles. The lowest BCUT2D eigenvalue weighted by Crippen LogP contribution is -2.34. The molecule has 1 aromatic rings. The Morgan fingerprint density at radius 2 is 2.09 bits per heavy atom. The van der Waals surface area contributed by atoms with Crippen molar-refractivity contribution in [1.82, 2.24) is 20.5 Å². The van der Waals surface area contributed by atoms with E-state index in [-0.39, 0.29) is 5.54 Å². The molecule has 4 heteroatoms. The van der Waals surface area contributed by atoms with E-state index >= 15 is 0 Å². The van der Waals surface area contributed by atoms with Crippen molar-refractivity contribution in [1.29, 1.82) is 0 Å². The SMILES string of the molecule is CNC(C)(C)c1n[nH]c(C)n1. The third kappa shape index (κ3) is 1.57. The Morgan fingerprint density at radius 1 is 1.45 bits per heavy atom. The average Bonchev–Trinajstić information content (AvgIpc) is 2.36. The maximum absolute atomic E-state index is 4.22. The van der Waals surface area contributed by atoms with Crippen LogP contribution in [-0.4, -0.2) is 22.2 Å². The lowest BCUT2D eigenvalue weighted by atomic mass is 10.1. The normalized spacial score (nSPS) is 12.0. The van der Waals surface area contributed by atoms with Gasteiger partial charge in [-0.3, -0.25) is 5.10 Å². The summed E-state index contributed by atoms with van der Waals surface area (Å²) in [5.41, 5.74) is -0.148. The van der Waals surface area contributed by atoms with E-state index in [4.69, 9.17) is 0 Å². The Kier molecular flexibility index (Phi) is 1.95. The van der Waals surface area contributed by atoms with E-state index < -0.39 is 0 Å². The van der Waals surface area contributed by atoms with Crippen LogP contribution in [0.4, 0.5) is 0 Å². The molecule has 1 heterocycles. The van der Waals surface area contributed by atoms with Crippen molar-refractivity contribution in [2.24, 2.45) is 0 Å². The molecule has 0 amide bonds. The lowest BCUT2D eigenvalue weighted by Gasteiger charge is -2.19. The van der Waals surface area contributed by atoms with Gasteiger partial charge in [-0.25, -0.2) is 4.98 Å². The van der Waals surface area contributed by atoms with Crippen molar-refractivity contribution in [2.75, 3.05) is 7.05 Å². The van der Waals surface area contributed by atoms with Gasteiger partial charge in [-0.1, -0.05) is 0 Å². The maximum Gasteiger partial charge on any atom is 0.170 e. The number of aromatic amines is 1. The molecular formula is C7H14N4. The van der Waals surface area contributed by atoms with Crippen molar-refractivity contribution in [3.63, 3.8) is 0 Å². The van der Waals surface area contributed by atoms with Crippen molar-refractivity contribution in [3.05, 3.63) is 11.6 Å². The molecule has 0 aliphatic heterocycles. The van der Waals surface area contributed by atoms with Crippen LogP contribution < -0.4 is 5.32 Å². The van der Waals surface area contributed by atoms with Gasteiger partial charge in [-0.2, -0.15) is 5.10 Å². The van der Waals surface area contributed by atoms with Gasteiger partial charge in [0.1, 0.15) is 5.82 Å². The molecule has 0 aliphatic rings. The molecule has 0 unspecified atom stereocenters. The van der Waals surface area contributed by atoms with Crippen LogP contribution in [0.3, 0.4) is 0 Å². The monoisotopic (exact) mass is 154 g/mol. The van der Waals surface area contributed by atoms with Crippen LogP contribution >= 0.6 is 0 Å². The summed E-state index contributed by atoms with van der Waals surface area (Å²) in [6, 6.07) is 0. The number of aryl methyl sites for hydroxylation is 1. The van der Waals surface area contributed by atoms with Crippen LogP contribution in [0.2, 0.25) is 0 Å². The van der Waals surface area contributed by atoms with Crippen molar-refractivity contribution >= 4 is 0 Å². The van der Waals surface area contributed by atoms with Gasteiger partial charge in [0.15, 0.2) is 5.82 Å². The smallest absolute Gasteiger partial charge is 0.170 e. The van der Waals surface area contributed by atoms with E-state index in [0.29, 0.717) is 0 Å². The first kappa shape index (κ1) is 8.20. The summed E-state index contributed by atoms with van der Waals surface area (Å²) in [6.07, 6.45) is 0. The van der Waals surface area contributed by atoms with E-state index in [0.717, 1.165) is 11.6 Å². The molecule has 0 radical (unpaired) electrons. The summed E-state index contributed by atoms with van der Waals surface area (Å²) in [7, 11) is 1.89. The van der Waals surface area contributed by atoms with Gasteiger partial charge in [0.25, 0.3) is 0 Å². The first-order valence-electron chi connectivity index (χ1n) is 3.64. The summed E-state index contributed by atoms with van der Waals surface area (Å²) in [6.45, 7) is 5.97. The molecule has 1 rings (SSSR count). The van der Waals surface area contributed by atoms with Gasteiger partial charge in [0, 0.05) is 0 Å². The van der Waals surface area contributed by atoms with E-state index in [2.05, 4.69) is 20.5 Å². The van der Waals surface area contributed by atoms with Crippen molar-refractivity contribution < 1.29 is 0 Å². The fraction of sp³-hybridized carbons (Fsp3) is 0.714. The summed E-state index contributed by atoms with van der Waals surface area (Å²) in [5, 5.41) is 9.99. The first-order chi connectivity index (χ1) is 5.06. The molecular weight excluding hydrogens is 140 g/mol.